The Morgan fingerprint density at radius 3 is 2.77 bits per heavy atom. The van der Waals surface area contributed by atoms with Gasteiger partial charge in [0.05, 0.1) is 10.7 Å². The third-order valence-corrected chi connectivity index (χ3v) is 2.34. The molecule has 13 heavy (non-hydrogen) atoms. The number of halogens is 1. The summed E-state index contributed by atoms with van der Waals surface area (Å²) < 4.78 is 0. The van der Waals surface area contributed by atoms with Crippen molar-refractivity contribution < 1.29 is 0 Å². The van der Waals surface area contributed by atoms with Crippen molar-refractivity contribution >= 4 is 17.3 Å². The van der Waals surface area contributed by atoms with E-state index >= 15 is 0 Å². The molecule has 0 unspecified atom stereocenters. The molecule has 0 aliphatic heterocycles. The molecule has 2 heteroatoms. The van der Waals surface area contributed by atoms with E-state index in [-0.39, 0.29) is 0 Å². The fraction of sp³-hybridized carbons (Fsp3) is 0.273. The van der Waals surface area contributed by atoms with Crippen LogP contribution in [-0.2, 0) is 0 Å². The first-order valence-corrected chi connectivity index (χ1v) is 4.70. The minimum absolute atomic E-state index is 0.594. The zero-order chi connectivity index (χ0) is 9.26. The van der Waals surface area contributed by atoms with Crippen LogP contribution in [0, 0.1) is 17.8 Å². The van der Waals surface area contributed by atoms with Gasteiger partial charge in [-0.15, -0.1) is 0 Å². The summed E-state index contributed by atoms with van der Waals surface area (Å²) in [4.78, 5) is 0. The molecule has 1 fully saturated rings. The summed E-state index contributed by atoms with van der Waals surface area (Å²) in [7, 11) is 0. The van der Waals surface area contributed by atoms with E-state index in [2.05, 4.69) is 11.8 Å². The van der Waals surface area contributed by atoms with Crippen molar-refractivity contribution in [2.24, 2.45) is 5.92 Å². The molecule has 0 radical (unpaired) electrons. The van der Waals surface area contributed by atoms with Crippen molar-refractivity contribution in [1.29, 1.82) is 0 Å². The van der Waals surface area contributed by atoms with Crippen molar-refractivity contribution in [3.05, 3.63) is 28.8 Å². The van der Waals surface area contributed by atoms with E-state index in [9.17, 15) is 0 Å². The van der Waals surface area contributed by atoms with Crippen molar-refractivity contribution in [3.8, 4) is 11.8 Å². The van der Waals surface area contributed by atoms with Gasteiger partial charge in [0.1, 0.15) is 0 Å². The maximum absolute atomic E-state index is 5.78. The molecule has 1 saturated carbocycles. The Balaban J connectivity index is 2.22. The van der Waals surface area contributed by atoms with Crippen LogP contribution in [0.4, 0.5) is 5.69 Å². The second-order valence-electron chi connectivity index (χ2n) is 3.28. The molecule has 1 nitrogen and oxygen atoms in total. The van der Waals surface area contributed by atoms with E-state index in [1.165, 1.54) is 12.8 Å². The lowest BCUT2D eigenvalue weighted by Gasteiger charge is -1.96. The van der Waals surface area contributed by atoms with E-state index in [1.54, 1.807) is 6.07 Å². The summed E-state index contributed by atoms with van der Waals surface area (Å²) in [5, 5.41) is 0.594. The lowest BCUT2D eigenvalue weighted by atomic mass is 10.2. The third kappa shape index (κ3) is 2.17. The summed E-state index contributed by atoms with van der Waals surface area (Å²) in [5.41, 5.74) is 7.20. The number of nitrogen functional groups attached to an aromatic ring is 1. The zero-order valence-electron chi connectivity index (χ0n) is 7.18. The number of hydrogen-bond donors (Lipinski definition) is 1. The van der Waals surface area contributed by atoms with Crippen LogP contribution in [0.3, 0.4) is 0 Å². The molecule has 0 heterocycles. The lowest BCUT2D eigenvalue weighted by Crippen LogP contribution is -1.86. The average Bonchev–Trinajstić information content (AvgIpc) is 2.91. The lowest BCUT2D eigenvalue weighted by molar-refractivity contribution is 1.18. The fourth-order valence-corrected chi connectivity index (χ4v) is 1.15. The van der Waals surface area contributed by atoms with Gasteiger partial charge >= 0.3 is 0 Å². The normalized spacial score (nSPS) is 14.8. The van der Waals surface area contributed by atoms with Crippen molar-refractivity contribution in [2.45, 2.75) is 12.8 Å². The van der Waals surface area contributed by atoms with Crippen LogP contribution in [0.15, 0.2) is 18.2 Å². The van der Waals surface area contributed by atoms with Crippen molar-refractivity contribution in [2.75, 3.05) is 5.73 Å². The van der Waals surface area contributed by atoms with Gasteiger partial charge < -0.3 is 5.73 Å². The molecule has 1 aromatic carbocycles. The fourth-order valence-electron chi connectivity index (χ4n) is 1.03. The van der Waals surface area contributed by atoms with Gasteiger partial charge in [0.2, 0.25) is 0 Å². The predicted octanol–water partition coefficient (Wildman–Crippen LogP) is 2.68. The monoisotopic (exact) mass is 191 g/mol. The summed E-state index contributed by atoms with van der Waals surface area (Å²) in [5.74, 6) is 6.88. The van der Waals surface area contributed by atoms with E-state index in [0.717, 1.165) is 5.56 Å². The summed E-state index contributed by atoms with van der Waals surface area (Å²) >= 11 is 5.78. The molecule has 2 N–H and O–H groups in total. The highest BCUT2D eigenvalue weighted by Crippen LogP contribution is 2.27. The topological polar surface area (TPSA) is 26.0 Å². The van der Waals surface area contributed by atoms with Crippen LogP contribution in [0.1, 0.15) is 18.4 Å². The first-order chi connectivity index (χ1) is 6.25. The third-order valence-electron chi connectivity index (χ3n) is 1.99. The molecule has 0 saturated heterocycles. The Morgan fingerprint density at radius 1 is 1.38 bits per heavy atom. The summed E-state index contributed by atoms with van der Waals surface area (Å²) in [6.07, 6.45) is 2.49. The Kier molecular flexibility index (Phi) is 2.16. The highest BCUT2D eigenvalue weighted by Gasteiger charge is 2.17. The molecule has 0 aromatic heterocycles. The van der Waals surface area contributed by atoms with E-state index in [4.69, 9.17) is 17.3 Å². The second kappa shape index (κ2) is 3.32. The first-order valence-electron chi connectivity index (χ1n) is 4.32. The largest absolute Gasteiger partial charge is 0.397 e. The minimum Gasteiger partial charge on any atom is -0.397 e. The molecule has 66 valence electrons. The Hall–Kier alpha value is -1.13. The molecule has 0 bridgehead atoms. The molecular formula is C11H10ClN. The predicted molar refractivity (Wildman–Crippen MR) is 55.5 cm³/mol. The molecule has 1 aliphatic carbocycles. The quantitative estimate of drug-likeness (QED) is 0.495. The minimum atomic E-state index is 0.594. The van der Waals surface area contributed by atoms with Gasteiger partial charge in [-0.05, 0) is 31.0 Å². The Bertz CT molecular complexity index is 383. The first kappa shape index (κ1) is 8.47. The van der Waals surface area contributed by atoms with Crippen LogP contribution in [0.5, 0.6) is 0 Å². The molecule has 0 amide bonds. The Morgan fingerprint density at radius 2 is 2.15 bits per heavy atom. The van der Waals surface area contributed by atoms with E-state index < -0.39 is 0 Å². The SMILES string of the molecule is Nc1cc(C#CC2CC2)ccc1Cl. The van der Waals surface area contributed by atoms with Gasteiger partial charge in [0.25, 0.3) is 0 Å². The molecule has 2 rings (SSSR count). The maximum Gasteiger partial charge on any atom is 0.0636 e. The molecule has 0 spiro atoms. The van der Waals surface area contributed by atoms with Gasteiger partial charge in [0.15, 0.2) is 0 Å². The highest BCUT2D eigenvalue weighted by molar-refractivity contribution is 6.33. The molecule has 1 aliphatic rings. The number of hydrogen-bond acceptors (Lipinski definition) is 1. The number of rotatable bonds is 0. The zero-order valence-corrected chi connectivity index (χ0v) is 7.93. The van der Waals surface area contributed by atoms with Crippen LogP contribution in [0.25, 0.3) is 0 Å². The molecular weight excluding hydrogens is 182 g/mol. The molecule has 0 atom stereocenters. The number of benzene rings is 1. The molecule has 1 aromatic rings. The number of anilines is 1. The summed E-state index contributed by atoms with van der Waals surface area (Å²) in [6, 6.07) is 5.50. The van der Waals surface area contributed by atoms with Crippen LogP contribution >= 0.6 is 11.6 Å². The highest BCUT2D eigenvalue weighted by atomic mass is 35.5. The van der Waals surface area contributed by atoms with E-state index in [0.29, 0.717) is 16.6 Å². The van der Waals surface area contributed by atoms with Crippen molar-refractivity contribution in [3.63, 3.8) is 0 Å². The summed E-state index contributed by atoms with van der Waals surface area (Å²) in [6.45, 7) is 0. The maximum atomic E-state index is 5.78. The Labute approximate surface area is 82.9 Å². The smallest absolute Gasteiger partial charge is 0.0636 e. The second-order valence-corrected chi connectivity index (χ2v) is 3.69. The average molecular weight is 192 g/mol. The van der Waals surface area contributed by atoms with Gasteiger partial charge in [-0.3, -0.25) is 0 Å². The van der Waals surface area contributed by atoms with Gasteiger partial charge in [0, 0.05) is 11.5 Å². The van der Waals surface area contributed by atoms with Gasteiger partial charge in [-0.25, -0.2) is 0 Å². The van der Waals surface area contributed by atoms with Gasteiger partial charge in [-0.2, -0.15) is 0 Å². The number of nitrogens with two attached hydrogens (primary N) is 1. The van der Waals surface area contributed by atoms with E-state index in [1.807, 2.05) is 12.1 Å². The van der Waals surface area contributed by atoms with Crippen LogP contribution in [0.2, 0.25) is 5.02 Å². The van der Waals surface area contributed by atoms with Crippen LogP contribution in [-0.4, -0.2) is 0 Å². The standard InChI is InChI=1S/C11H10ClN/c12-10-6-5-9(7-11(10)13)4-3-8-1-2-8/h5-8H,1-2,13H2. The van der Waals surface area contributed by atoms with Crippen molar-refractivity contribution in [1.82, 2.24) is 0 Å². The van der Waals surface area contributed by atoms with Gasteiger partial charge in [-0.1, -0.05) is 23.4 Å². The van der Waals surface area contributed by atoms with Crippen LogP contribution < -0.4 is 5.73 Å².